The second-order valence-electron chi connectivity index (χ2n) is 6.79. The number of aromatic nitrogens is 1. The van der Waals surface area contributed by atoms with Gasteiger partial charge in [-0.3, -0.25) is 4.79 Å². The predicted molar refractivity (Wildman–Crippen MR) is 112 cm³/mol. The van der Waals surface area contributed by atoms with Gasteiger partial charge in [0, 0.05) is 11.9 Å². The van der Waals surface area contributed by atoms with E-state index in [1.54, 1.807) is 35.4 Å². The molecule has 0 saturated heterocycles. The van der Waals surface area contributed by atoms with Crippen LogP contribution in [0, 0.1) is 5.92 Å². The highest BCUT2D eigenvalue weighted by Crippen LogP contribution is 2.30. The van der Waals surface area contributed by atoms with E-state index in [2.05, 4.69) is 18.8 Å². The second kappa shape index (κ2) is 10.8. The summed E-state index contributed by atoms with van der Waals surface area (Å²) in [6.07, 6.45) is 0.833. The van der Waals surface area contributed by atoms with Crippen LogP contribution in [0.4, 0.5) is 0 Å². The molecule has 1 aromatic carbocycles. The molecular formula is C21H28N2O5S. The smallest absolute Gasteiger partial charge is 0.357 e. The van der Waals surface area contributed by atoms with Gasteiger partial charge in [0.25, 0.3) is 5.91 Å². The molecule has 0 radical (unpaired) electrons. The molecule has 158 valence electrons. The average Bonchev–Trinajstić information content (AvgIpc) is 3.18. The van der Waals surface area contributed by atoms with Crippen LogP contribution in [-0.2, 0) is 11.3 Å². The summed E-state index contributed by atoms with van der Waals surface area (Å²) in [5.74, 6) is 0.677. The Morgan fingerprint density at radius 3 is 2.38 bits per heavy atom. The van der Waals surface area contributed by atoms with Gasteiger partial charge in [0.05, 0.1) is 27.4 Å². The monoisotopic (exact) mass is 420 g/mol. The van der Waals surface area contributed by atoms with Crippen molar-refractivity contribution < 1.29 is 23.8 Å². The lowest BCUT2D eigenvalue weighted by Gasteiger charge is -2.24. The SMILES string of the molecule is CCOC(=O)c1csc(CN(CCC(C)C)C(=O)c2c(OC)cccc2OC)n1. The molecule has 0 N–H and O–H groups in total. The van der Waals surface area contributed by atoms with Gasteiger partial charge in [0.2, 0.25) is 0 Å². The van der Waals surface area contributed by atoms with Crippen molar-refractivity contribution in [2.24, 2.45) is 5.92 Å². The number of hydrogen-bond donors (Lipinski definition) is 0. The van der Waals surface area contributed by atoms with Gasteiger partial charge in [0.15, 0.2) is 5.69 Å². The number of rotatable bonds is 10. The van der Waals surface area contributed by atoms with Crippen LogP contribution in [0.15, 0.2) is 23.6 Å². The minimum Gasteiger partial charge on any atom is -0.496 e. The highest BCUT2D eigenvalue weighted by molar-refractivity contribution is 7.09. The van der Waals surface area contributed by atoms with Crippen LogP contribution in [-0.4, -0.2) is 49.1 Å². The maximum Gasteiger partial charge on any atom is 0.357 e. The normalized spacial score (nSPS) is 10.7. The van der Waals surface area contributed by atoms with E-state index < -0.39 is 5.97 Å². The summed E-state index contributed by atoms with van der Waals surface area (Å²) < 4.78 is 15.8. The molecule has 0 aliphatic carbocycles. The Bertz CT molecular complexity index is 812. The maximum absolute atomic E-state index is 13.4. The largest absolute Gasteiger partial charge is 0.496 e. The molecule has 0 aliphatic heterocycles. The number of carbonyl (C=O) groups excluding carboxylic acids is 2. The van der Waals surface area contributed by atoms with E-state index in [0.29, 0.717) is 34.5 Å². The number of hydrogen-bond acceptors (Lipinski definition) is 7. The zero-order valence-electron chi connectivity index (χ0n) is 17.6. The molecule has 0 unspecified atom stereocenters. The van der Waals surface area contributed by atoms with Gasteiger partial charge in [-0.25, -0.2) is 9.78 Å². The van der Waals surface area contributed by atoms with Gasteiger partial charge in [-0.1, -0.05) is 19.9 Å². The molecule has 0 aliphatic rings. The van der Waals surface area contributed by atoms with Gasteiger partial charge >= 0.3 is 5.97 Å². The van der Waals surface area contributed by atoms with E-state index in [4.69, 9.17) is 14.2 Å². The van der Waals surface area contributed by atoms with E-state index >= 15 is 0 Å². The van der Waals surface area contributed by atoms with Crippen molar-refractivity contribution in [1.29, 1.82) is 0 Å². The quantitative estimate of drug-likeness (QED) is 0.540. The highest BCUT2D eigenvalue weighted by atomic mass is 32.1. The summed E-state index contributed by atoms with van der Waals surface area (Å²) in [5, 5.41) is 2.32. The standard InChI is InChI=1S/C21H28N2O5S/c1-6-28-21(25)15-13-29-18(22-15)12-23(11-10-14(2)3)20(24)19-16(26-4)8-7-9-17(19)27-5/h7-9,13-14H,6,10-12H2,1-5H3. The average molecular weight is 421 g/mol. The van der Waals surface area contributed by atoms with Crippen LogP contribution in [0.3, 0.4) is 0 Å². The van der Waals surface area contributed by atoms with Crippen molar-refractivity contribution in [3.63, 3.8) is 0 Å². The summed E-state index contributed by atoms with van der Waals surface area (Å²) in [6, 6.07) is 5.25. The van der Waals surface area contributed by atoms with E-state index in [1.807, 2.05) is 0 Å². The van der Waals surface area contributed by atoms with Gasteiger partial charge in [-0.05, 0) is 31.4 Å². The lowest BCUT2D eigenvalue weighted by molar-refractivity contribution is 0.0520. The molecule has 0 saturated carbocycles. The fourth-order valence-corrected chi connectivity index (χ4v) is 3.51. The number of nitrogens with zero attached hydrogens (tertiary/aromatic N) is 2. The molecule has 1 heterocycles. The number of esters is 1. The summed E-state index contributed by atoms with van der Waals surface area (Å²) in [4.78, 5) is 31.4. The van der Waals surface area contributed by atoms with Crippen LogP contribution in [0.5, 0.6) is 11.5 Å². The molecule has 8 heteroatoms. The third-order valence-corrected chi connectivity index (χ3v) is 5.10. The van der Waals surface area contributed by atoms with Gasteiger partial charge < -0.3 is 19.1 Å². The first-order chi connectivity index (χ1) is 13.9. The second-order valence-corrected chi connectivity index (χ2v) is 7.74. The van der Waals surface area contributed by atoms with Crippen LogP contribution in [0.25, 0.3) is 0 Å². The van der Waals surface area contributed by atoms with Crippen LogP contribution < -0.4 is 9.47 Å². The molecule has 2 rings (SSSR count). The first-order valence-electron chi connectivity index (χ1n) is 9.53. The first-order valence-corrected chi connectivity index (χ1v) is 10.4. The molecule has 0 bridgehead atoms. The number of carbonyl (C=O) groups is 2. The summed E-state index contributed by atoms with van der Waals surface area (Å²) in [7, 11) is 3.05. The molecule has 0 atom stereocenters. The minimum absolute atomic E-state index is 0.201. The molecule has 1 amide bonds. The fraction of sp³-hybridized carbons (Fsp3) is 0.476. The highest BCUT2D eigenvalue weighted by Gasteiger charge is 2.25. The van der Waals surface area contributed by atoms with E-state index in [0.717, 1.165) is 6.42 Å². The van der Waals surface area contributed by atoms with Crippen molar-refractivity contribution in [2.75, 3.05) is 27.4 Å². The molecule has 29 heavy (non-hydrogen) atoms. The van der Waals surface area contributed by atoms with Gasteiger partial charge in [0.1, 0.15) is 22.1 Å². The maximum atomic E-state index is 13.4. The zero-order chi connectivity index (χ0) is 21.4. The number of methoxy groups -OCH3 is 2. The van der Waals surface area contributed by atoms with Gasteiger partial charge in [-0.15, -0.1) is 11.3 Å². The van der Waals surface area contributed by atoms with E-state index in [9.17, 15) is 9.59 Å². The number of amides is 1. The third-order valence-electron chi connectivity index (χ3n) is 4.27. The lowest BCUT2D eigenvalue weighted by atomic mass is 10.1. The van der Waals surface area contributed by atoms with Crippen LogP contribution in [0.2, 0.25) is 0 Å². The Morgan fingerprint density at radius 2 is 1.83 bits per heavy atom. The Morgan fingerprint density at radius 1 is 1.17 bits per heavy atom. The van der Waals surface area contributed by atoms with Crippen molar-refractivity contribution in [3.8, 4) is 11.5 Å². The molecule has 1 aromatic heterocycles. The Labute approximate surface area is 175 Å². The van der Waals surface area contributed by atoms with Crippen LogP contribution in [0.1, 0.15) is 53.0 Å². The first kappa shape index (κ1) is 22.7. The summed E-state index contributed by atoms with van der Waals surface area (Å²) in [6.45, 7) is 7.09. The topological polar surface area (TPSA) is 78.0 Å². The summed E-state index contributed by atoms with van der Waals surface area (Å²) >= 11 is 1.33. The fourth-order valence-electron chi connectivity index (χ4n) is 2.73. The molecule has 2 aromatic rings. The zero-order valence-corrected chi connectivity index (χ0v) is 18.4. The van der Waals surface area contributed by atoms with Crippen molar-refractivity contribution >= 4 is 23.2 Å². The Hall–Kier alpha value is -2.61. The molecule has 0 spiro atoms. The minimum atomic E-state index is -0.457. The van der Waals surface area contributed by atoms with Crippen molar-refractivity contribution in [1.82, 2.24) is 9.88 Å². The summed E-state index contributed by atoms with van der Waals surface area (Å²) in [5.41, 5.74) is 0.640. The molecule has 7 nitrogen and oxygen atoms in total. The third kappa shape index (κ3) is 5.93. The number of benzene rings is 1. The predicted octanol–water partition coefficient (Wildman–Crippen LogP) is 4.03. The Balaban J connectivity index is 2.31. The van der Waals surface area contributed by atoms with Crippen LogP contribution >= 0.6 is 11.3 Å². The Kier molecular flexibility index (Phi) is 8.45. The van der Waals surface area contributed by atoms with Crippen molar-refractivity contribution in [2.45, 2.75) is 33.7 Å². The molecular weight excluding hydrogens is 392 g/mol. The van der Waals surface area contributed by atoms with Gasteiger partial charge in [-0.2, -0.15) is 0 Å². The van der Waals surface area contributed by atoms with E-state index in [1.165, 1.54) is 25.6 Å². The van der Waals surface area contributed by atoms with Crippen molar-refractivity contribution in [3.05, 3.63) is 39.8 Å². The molecule has 0 fully saturated rings. The lowest BCUT2D eigenvalue weighted by Crippen LogP contribution is -2.32. The van der Waals surface area contributed by atoms with E-state index in [-0.39, 0.29) is 24.8 Å². The number of thiazole rings is 1. The number of ether oxygens (including phenoxy) is 3.